The molecule has 0 amide bonds. The summed E-state index contributed by atoms with van der Waals surface area (Å²) in [6.45, 7) is 10.3. The lowest BCUT2D eigenvalue weighted by atomic mass is 10.1. The van der Waals surface area contributed by atoms with E-state index in [2.05, 4.69) is 23.7 Å². The van der Waals surface area contributed by atoms with Crippen molar-refractivity contribution in [2.75, 3.05) is 0 Å². The third-order valence-electron chi connectivity index (χ3n) is 1.40. The van der Waals surface area contributed by atoms with Gasteiger partial charge < -0.3 is 0 Å². The van der Waals surface area contributed by atoms with Crippen LogP contribution in [0, 0.1) is 23.7 Å². The maximum atomic E-state index is 11.6. The summed E-state index contributed by atoms with van der Waals surface area (Å²) in [5, 5.41) is 0. The maximum absolute atomic E-state index is 11.6. The molecule has 0 radical (unpaired) electrons. The first-order valence-electron chi connectivity index (χ1n) is 4.91. The van der Waals surface area contributed by atoms with Crippen LogP contribution >= 0.6 is 0 Å². The first-order valence-corrected chi connectivity index (χ1v) is 5.91. The molecule has 0 fully saturated rings. The van der Waals surface area contributed by atoms with Crippen molar-refractivity contribution in [3.63, 3.8) is 0 Å². The van der Waals surface area contributed by atoms with Gasteiger partial charge in [-0.05, 0) is 41.5 Å². The fraction of sp³-hybridized carbons (Fsp3) is 0.667. The fourth-order valence-corrected chi connectivity index (χ4v) is 1.80. The van der Waals surface area contributed by atoms with Crippen molar-refractivity contribution in [1.82, 2.24) is 0 Å². The predicted octanol–water partition coefficient (Wildman–Crippen LogP) is 2.20. The van der Waals surface area contributed by atoms with Gasteiger partial charge in [-0.3, -0.25) is 0 Å². The second-order valence-corrected chi connectivity index (χ2v) is 4.88. The van der Waals surface area contributed by atoms with Gasteiger partial charge in [-0.2, -0.15) is 4.21 Å². The molecular weight excluding hydrogens is 224 g/mol. The van der Waals surface area contributed by atoms with Gasteiger partial charge in [0.2, 0.25) is 0 Å². The second-order valence-electron chi connectivity index (χ2n) is 4.14. The highest BCUT2D eigenvalue weighted by atomic mass is 32.2. The molecule has 0 aromatic carbocycles. The van der Waals surface area contributed by atoms with E-state index in [4.69, 9.17) is 8.37 Å². The van der Waals surface area contributed by atoms with Crippen LogP contribution in [0.4, 0.5) is 0 Å². The van der Waals surface area contributed by atoms with Gasteiger partial charge in [-0.15, -0.1) is 11.8 Å². The number of hydrogen-bond donors (Lipinski definition) is 0. The van der Waals surface area contributed by atoms with Crippen LogP contribution < -0.4 is 0 Å². The van der Waals surface area contributed by atoms with E-state index >= 15 is 0 Å². The summed E-state index contributed by atoms with van der Waals surface area (Å²) in [6.07, 6.45) is 0. The molecule has 0 aliphatic carbocycles. The Kier molecular flexibility index (Phi) is 5.75. The van der Waals surface area contributed by atoms with Crippen molar-refractivity contribution < 1.29 is 12.6 Å². The van der Waals surface area contributed by atoms with E-state index in [0.29, 0.717) is 0 Å². The Morgan fingerprint density at radius 3 is 1.44 bits per heavy atom. The zero-order valence-electron chi connectivity index (χ0n) is 10.6. The van der Waals surface area contributed by atoms with E-state index < -0.39 is 22.6 Å². The van der Waals surface area contributed by atoms with E-state index in [1.807, 2.05) is 0 Å². The van der Waals surface area contributed by atoms with Crippen LogP contribution in [0.5, 0.6) is 0 Å². The Hall–Kier alpha value is -0.810. The summed E-state index contributed by atoms with van der Waals surface area (Å²) in [5.41, 5.74) is -1.59. The molecular formula is C12H18O3S. The van der Waals surface area contributed by atoms with E-state index in [9.17, 15) is 4.21 Å². The van der Waals surface area contributed by atoms with Gasteiger partial charge in [0.15, 0.2) is 0 Å². The quantitative estimate of drug-likeness (QED) is 0.709. The third-order valence-corrected chi connectivity index (χ3v) is 2.51. The summed E-state index contributed by atoms with van der Waals surface area (Å²) >= 11 is -1.87. The molecule has 0 bridgehead atoms. The average Bonchev–Trinajstić information content (AvgIpc) is 1.99. The lowest BCUT2D eigenvalue weighted by Crippen LogP contribution is -2.30. The first-order chi connectivity index (χ1) is 7.22. The molecule has 0 aliphatic heterocycles. The van der Waals surface area contributed by atoms with E-state index in [1.54, 1.807) is 41.5 Å². The summed E-state index contributed by atoms with van der Waals surface area (Å²) in [5.74, 6) is 11.0. The molecule has 0 aliphatic rings. The minimum atomic E-state index is -1.87. The molecule has 0 heterocycles. The van der Waals surface area contributed by atoms with Gasteiger partial charge in [0.25, 0.3) is 0 Å². The number of rotatable bonds is 4. The molecule has 0 saturated carbocycles. The SMILES string of the molecule is CC#CC(C)(C)OS(=O)OC(C)(C)C#CC. The zero-order chi connectivity index (χ0) is 12.8. The van der Waals surface area contributed by atoms with Crippen molar-refractivity contribution in [2.45, 2.75) is 52.7 Å². The fourth-order valence-electron chi connectivity index (χ4n) is 1.00. The Bertz CT molecular complexity index is 339. The van der Waals surface area contributed by atoms with E-state index in [0.717, 1.165) is 0 Å². The highest BCUT2D eigenvalue weighted by molar-refractivity contribution is 7.75. The van der Waals surface area contributed by atoms with Gasteiger partial charge >= 0.3 is 11.4 Å². The van der Waals surface area contributed by atoms with Crippen LogP contribution in [-0.2, 0) is 19.7 Å². The molecule has 0 spiro atoms. The lowest BCUT2D eigenvalue weighted by molar-refractivity contribution is 0.116. The van der Waals surface area contributed by atoms with Crippen LogP contribution in [0.1, 0.15) is 41.5 Å². The summed E-state index contributed by atoms with van der Waals surface area (Å²) < 4.78 is 21.9. The molecule has 90 valence electrons. The normalized spacial score (nSPS) is 11.4. The molecule has 4 heteroatoms. The van der Waals surface area contributed by atoms with Crippen molar-refractivity contribution in [1.29, 1.82) is 0 Å². The molecule has 0 atom stereocenters. The van der Waals surface area contributed by atoms with Gasteiger partial charge in [0, 0.05) is 0 Å². The summed E-state index contributed by atoms with van der Waals surface area (Å²) in [7, 11) is 0. The minimum absolute atomic E-state index is 0.796. The van der Waals surface area contributed by atoms with E-state index in [-0.39, 0.29) is 0 Å². The van der Waals surface area contributed by atoms with Gasteiger partial charge in [0.1, 0.15) is 11.2 Å². The zero-order valence-corrected chi connectivity index (χ0v) is 11.4. The minimum Gasteiger partial charge on any atom is -0.249 e. The van der Waals surface area contributed by atoms with Gasteiger partial charge in [-0.25, -0.2) is 8.37 Å². The Labute approximate surface area is 101 Å². The van der Waals surface area contributed by atoms with Crippen molar-refractivity contribution in [3.05, 3.63) is 0 Å². The molecule has 0 saturated heterocycles. The van der Waals surface area contributed by atoms with Gasteiger partial charge in [0.05, 0.1) is 0 Å². The Morgan fingerprint density at radius 1 is 0.875 bits per heavy atom. The van der Waals surface area contributed by atoms with Crippen LogP contribution in [0.2, 0.25) is 0 Å². The van der Waals surface area contributed by atoms with Crippen LogP contribution in [0.25, 0.3) is 0 Å². The van der Waals surface area contributed by atoms with E-state index in [1.165, 1.54) is 0 Å². The van der Waals surface area contributed by atoms with Crippen molar-refractivity contribution in [3.8, 4) is 23.7 Å². The Morgan fingerprint density at radius 2 is 1.19 bits per heavy atom. The highest BCUT2D eigenvalue weighted by Crippen LogP contribution is 2.16. The van der Waals surface area contributed by atoms with Crippen LogP contribution in [0.15, 0.2) is 0 Å². The Balaban J connectivity index is 4.48. The van der Waals surface area contributed by atoms with Crippen molar-refractivity contribution in [2.24, 2.45) is 0 Å². The first kappa shape index (κ1) is 15.2. The summed E-state index contributed by atoms with van der Waals surface area (Å²) in [6, 6.07) is 0. The third kappa shape index (κ3) is 6.63. The monoisotopic (exact) mass is 242 g/mol. The topological polar surface area (TPSA) is 35.5 Å². The predicted molar refractivity (Wildman–Crippen MR) is 65.4 cm³/mol. The van der Waals surface area contributed by atoms with Crippen molar-refractivity contribution >= 4 is 11.4 Å². The molecule has 16 heavy (non-hydrogen) atoms. The molecule has 3 nitrogen and oxygen atoms in total. The second kappa shape index (κ2) is 6.06. The van der Waals surface area contributed by atoms with Crippen LogP contribution in [0.3, 0.4) is 0 Å². The smallest absolute Gasteiger partial charge is 0.249 e. The molecule has 0 unspecified atom stereocenters. The molecule has 0 N–H and O–H groups in total. The standard InChI is InChI=1S/C12H18O3S/c1-7-9-11(3,4)14-16(13)15-12(5,6)10-8-2/h1-6H3. The largest absolute Gasteiger partial charge is 0.307 e. The molecule has 0 aromatic rings. The van der Waals surface area contributed by atoms with Gasteiger partial charge in [-0.1, -0.05) is 11.8 Å². The summed E-state index contributed by atoms with van der Waals surface area (Å²) in [4.78, 5) is 0. The van der Waals surface area contributed by atoms with Crippen LogP contribution in [-0.4, -0.2) is 15.4 Å². The number of hydrogen-bond acceptors (Lipinski definition) is 3. The molecule has 0 aromatic heterocycles. The molecule has 0 rings (SSSR count). The average molecular weight is 242 g/mol. The highest BCUT2D eigenvalue weighted by Gasteiger charge is 2.25. The lowest BCUT2D eigenvalue weighted by Gasteiger charge is -2.21. The maximum Gasteiger partial charge on any atom is 0.307 e.